The van der Waals surface area contributed by atoms with Crippen molar-refractivity contribution in [1.29, 1.82) is 0 Å². The van der Waals surface area contributed by atoms with Crippen LogP contribution in [0, 0.1) is 0 Å². The molecule has 0 aliphatic heterocycles. The minimum absolute atomic E-state index is 0.287. The Kier molecular flexibility index (Phi) is 6.17. The van der Waals surface area contributed by atoms with Gasteiger partial charge in [0.2, 0.25) is 0 Å². The Morgan fingerprint density at radius 3 is 2.37 bits per heavy atom. The average Bonchev–Trinajstić information content (AvgIpc) is 3.12. The monoisotopic (exact) mass is 416 g/mol. The molecule has 1 amide bonds. The molecule has 30 heavy (non-hydrogen) atoms. The van der Waals surface area contributed by atoms with Crippen LogP contribution in [0.2, 0.25) is 0 Å². The summed E-state index contributed by atoms with van der Waals surface area (Å²) >= 11 is 0. The highest BCUT2D eigenvalue weighted by atomic mass is 19.4. The van der Waals surface area contributed by atoms with E-state index in [1.165, 1.54) is 12.1 Å². The number of likely N-dealkylation sites (N-methyl/N-ethyl adjacent to an activating group) is 1. The molecule has 1 aromatic heterocycles. The zero-order chi connectivity index (χ0) is 21.9. The fourth-order valence-corrected chi connectivity index (χ4v) is 3.15. The van der Waals surface area contributed by atoms with Crippen molar-refractivity contribution in [2.45, 2.75) is 6.18 Å². The van der Waals surface area contributed by atoms with Gasteiger partial charge in [0, 0.05) is 36.1 Å². The number of carbonyl (C=O) groups is 1. The van der Waals surface area contributed by atoms with Gasteiger partial charge in [-0.05, 0) is 37.9 Å². The van der Waals surface area contributed by atoms with Crippen molar-refractivity contribution in [3.8, 4) is 22.4 Å². The van der Waals surface area contributed by atoms with Crippen LogP contribution in [-0.4, -0.2) is 43.0 Å². The number of nitrogens with two attached hydrogens (primary N) is 1. The number of H-pyrrole nitrogens is 1. The van der Waals surface area contributed by atoms with E-state index in [-0.39, 0.29) is 5.91 Å². The number of anilines is 1. The summed E-state index contributed by atoms with van der Waals surface area (Å²) in [5, 5.41) is 2.86. The van der Waals surface area contributed by atoms with Crippen LogP contribution < -0.4 is 11.1 Å². The lowest BCUT2D eigenvalue weighted by Crippen LogP contribution is -2.31. The van der Waals surface area contributed by atoms with E-state index in [0.29, 0.717) is 46.7 Å². The fourth-order valence-electron chi connectivity index (χ4n) is 3.15. The zero-order valence-corrected chi connectivity index (χ0v) is 16.7. The average molecular weight is 416 g/mol. The maximum absolute atomic E-state index is 12.9. The molecule has 0 atom stereocenters. The number of aromatic nitrogens is 1. The summed E-state index contributed by atoms with van der Waals surface area (Å²) < 4.78 is 38.8. The summed E-state index contributed by atoms with van der Waals surface area (Å²) in [6, 6.07) is 11.9. The Hall–Kier alpha value is -3.26. The molecule has 0 saturated carbocycles. The fraction of sp³-hybridized carbons (Fsp3) is 0.227. The first-order valence-corrected chi connectivity index (χ1v) is 9.35. The summed E-state index contributed by atoms with van der Waals surface area (Å²) in [6.07, 6.45) is -2.86. The van der Waals surface area contributed by atoms with Gasteiger partial charge < -0.3 is 20.9 Å². The lowest BCUT2D eigenvalue weighted by molar-refractivity contribution is -0.137. The minimum Gasteiger partial charge on any atom is -0.398 e. The molecule has 3 aromatic rings. The van der Waals surface area contributed by atoms with E-state index in [4.69, 9.17) is 5.73 Å². The quantitative estimate of drug-likeness (QED) is 0.526. The number of hydrogen-bond acceptors (Lipinski definition) is 3. The summed E-state index contributed by atoms with van der Waals surface area (Å²) in [6.45, 7) is 1.13. The first kappa shape index (κ1) is 21.4. The number of para-hydroxylation sites is 1. The third kappa shape index (κ3) is 4.65. The van der Waals surface area contributed by atoms with Crippen LogP contribution in [0.15, 0.2) is 54.7 Å². The van der Waals surface area contributed by atoms with Crippen LogP contribution >= 0.6 is 0 Å². The van der Waals surface area contributed by atoms with E-state index >= 15 is 0 Å². The van der Waals surface area contributed by atoms with Crippen molar-refractivity contribution in [2.24, 2.45) is 0 Å². The van der Waals surface area contributed by atoms with E-state index in [0.717, 1.165) is 12.1 Å². The second-order valence-corrected chi connectivity index (χ2v) is 7.17. The number of alkyl halides is 3. The molecule has 0 fully saturated rings. The third-order valence-corrected chi connectivity index (χ3v) is 4.70. The molecule has 4 N–H and O–H groups in total. The number of nitrogens with zero attached hydrogens (tertiary/aromatic N) is 1. The molecule has 1 heterocycles. The van der Waals surface area contributed by atoms with Gasteiger partial charge >= 0.3 is 6.18 Å². The standard InChI is InChI=1S/C22H23F3N4O/c1-29(2)12-11-27-21(30)17-13-28-20(19(17)16-5-3-4-6-18(16)26)14-7-9-15(10-8-14)22(23,24)25/h3-10,13,28H,11-12,26H2,1-2H3,(H,27,30). The molecule has 8 heteroatoms. The van der Waals surface area contributed by atoms with Crippen molar-refractivity contribution >= 4 is 11.6 Å². The zero-order valence-electron chi connectivity index (χ0n) is 16.7. The molecule has 158 valence electrons. The third-order valence-electron chi connectivity index (χ3n) is 4.70. The number of aromatic amines is 1. The molecular formula is C22H23F3N4O. The van der Waals surface area contributed by atoms with Gasteiger partial charge in [0.25, 0.3) is 5.91 Å². The maximum atomic E-state index is 12.9. The van der Waals surface area contributed by atoms with Crippen molar-refractivity contribution in [3.05, 3.63) is 65.9 Å². The molecule has 5 nitrogen and oxygen atoms in total. The molecule has 0 saturated heterocycles. The van der Waals surface area contributed by atoms with Crippen molar-refractivity contribution < 1.29 is 18.0 Å². The van der Waals surface area contributed by atoms with Gasteiger partial charge in [0.1, 0.15) is 0 Å². The van der Waals surface area contributed by atoms with E-state index in [9.17, 15) is 18.0 Å². The normalized spacial score (nSPS) is 11.7. The smallest absolute Gasteiger partial charge is 0.398 e. The number of hydrogen-bond donors (Lipinski definition) is 3. The Balaban J connectivity index is 2.05. The summed E-state index contributed by atoms with van der Waals surface area (Å²) in [5.41, 5.74) is 8.48. The molecule has 0 aliphatic carbocycles. The van der Waals surface area contributed by atoms with Crippen molar-refractivity contribution in [2.75, 3.05) is 32.9 Å². The molecule has 0 aliphatic rings. The topological polar surface area (TPSA) is 74.2 Å². The van der Waals surface area contributed by atoms with E-state index in [1.54, 1.807) is 30.5 Å². The summed E-state index contributed by atoms with van der Waals surface area (Å²) in [5.74, 6) is -0.287. The van der Waals surface area contributed by atoms with E-state index < -0.39 is 11.7 Å². The lowest BCUT2D eigenvalue weighted by Gasteiger charge is -2.13. The van der Waals surface area contributed by atoms with Gasteiger partial charge in [0.15, 0.2) is 0 Å². The second-order valence-electron chi connectivity index (χ2n) is 7.17. The number of nitrogen functional groups attached to an aromatic ring is 1. The van der Waals surface area contributed by atoms with Crippen LogP contribution in [0.5, 0.6) is 0 Å². The SMILES string of the molecule is CN(C)CCNC(=O)c1c[nH]c(-c2ccc(C(F)(F)F)cc2)c1-c1ccccc1N. The highest BCUT2D eigenvalue weighted by molar-refractivity contribution is 6.06. The van der Waals surface area contributed by atoms with Crippen LogP contribution in [0.4, 0.5) is 18.9 Å². The summed E-state index contributed by atoms with van der Waals surface area (Å²) in [4.78, 5) is 17.8. The van der Waals surface area contributed by atoms with E-state index in [1.807, 2.05) is 19.0 Å². The summed E-state index contributed by atoms with van der Waals surface area (Å²) in [7, 11) is 3.81. The van der Waals surface area contributed by atoms with Gasteiger partial charge in [-0.1, -0.05) is 30.3 Å². The number of rotatable bonds is 6. The van der Waals surface area contributed by atoms with Gasteiger partial charge in [-0.15, -0.1) is 0 Å². The van der Waals surface area contributed by atoms with Crippen LogP contribution in [0.1, 0.15) is 15.9 Å². The van der Waals surface area contributed by atoms with Crippen LogP contribution in [-0.2, 0) is 6.18 Å². The first-order chi connectivity index (χ1) is 14.2. The number of amides is 1. The number of halogens is 3. The molecule has 0 bridgehead atoms. The van der Waals surface area contributed by atoms with Gasteiger partial charge in [-0.2, -0.15) is 13.2 Å². The van der Waals surface area contributed by atoms with Crippen molar-refractivity contribution in [3.63, 3.8) is 0 Å². The maximum Gasteiger partial charge on any atom is 0.416 e. The predicted octanol–water partition coefficient (Wildman–Crippen LogP) is 4.24. The molecule has 0 spiro atoms. The van der Waals surface area contributed by atoms with Crippen LogP contribution in [0.3, 0.4) is 0 Å². The van der Waals surface area contributed by atoms with Gasteiger partial charge in [0.05, 0.1) is 16.8 Å². The lowest BCUT2D eigenvalue weighted by atomic mass is 9.95. The molecule has 0 radical (unpaired) electrons. The number of carbonyl (C=O) groups excluding carboxylic acids is 1. The molecule has 2 aromatic carbocycles. The Morgan fingerprint density at radius 2 is 1.77 bits per heavy atom. The molecular weight excluding hydrogens is 393 g/mol. The van der Waals surface area contributed by atoms with E-state index in [2.05, 4.69) is 10.3 Å². The number of nitrogens with one attached hydrogen (secondary N) is 2. The Morgan fingerprint density at radius 1 is 1.10 bits per heavy atom. The Labute approximate surface area is 172 Å². The Bertz CT molecular complexity index is 1020. The largest absolute Gasteiger partial charge is 0.416 e. The minimum atomic E-state index is -4.42. The first-order valence-electron chi connectivity index (χ1n) is 9.35. The second kappa shape index (κ2) is 8.62. The number of benzene rings is 2. The predicted molar refractivity (Wildman–Crippen MR) is 112 cm³/mol. The van der Waals surface area contributed by atoms with Gasteiger partial charge in [-0.25, -0.2) is 0 Å². The van der Waals surface area contributed by atoms with Crippen molar-refractivity contribution in [1.82, 2.24) is 15.2 Å². The molecule has 3 rings (SSSR count). The highest BCUT2D eigenvalue weighted by Crippen LogP contribution is 2.38. The van der Waals surface area contributed by atoms with Gasteiger partial charge in [-0.3, -0.25) is 4.79 Å². The molecule has 0 unspecified atom stereocenters. The highest BCUT2D eigenvalue weighted by Gasteiger charge is 2.30. The van der Waals surface area contributed by atoms with Crippen LogP contribution in [0.25, 0.3) is 22.4 Å².